The van der Waals surface area contributed by atoms with Gasteiger partial charge in [-0.1, -0.05) is 62.4 Å². The van der Waals surface area contributed by atoms with Crippen molar-refractivity contribution in [1.82, 2.24) is 5.32 Å². The smallest absolute Gasteiger partial charge is 0.261 e. The van der Waals surface area contributed by atoms with Gasteiger partial charge in [0, 0.05) is 11.1 Å². The fourth-order valence-electron chi connectivity index (χ4n) is 2.84. The number of hydrogen-bond acceptors (Lipinski definition) is 3. The van der Waals surface area contributed by atoms with E-state index < -0.39 is 0 Å². The van der Waals surface area contributed by atoms with Gasteiger partial charge in [-0.25, -0.2) is 0 Å². The highest BCUT2D eigenvalue weighted by Gasteiger charge is 2.14. The van der Waals surface area contributed by atoms with Gasteiger partial charge in [-0.2, -0.15) is 0 Å². The molecule has 4 nitrogen and oxygen atoms in total. The molecule has 2 N–H and O–H groups in total. The van der Waals surface area contributed by atoms with E-state index in [2.05, 4.69) is 24.5 Å². The lowest BCUT2D eigenvalue weighted by Crippen LogP contribution is -2.34. The number of amides is 1. The molecule has 0 atom stereocenters. The minimum absolute atomic E-state index is 0.248. The Hall–Kier alpha value is -2.92. The second-order valence-corrected chi connectivity index (χ2v) is 7.37. The van der Waals surface area contributed by atoms with E-state index in [1.807, 2.05) is 54.6 Å². The third-order valence-corrected chi connectivity index (χ3v) is 4.55. The van der Waals surface area contributed by atoms with Crippen LogP contribution in [0.25, 0.3) is 10.8 Å². The van der Waals surface area contributed by atoms with Crippen molar-refractivity contribution in [2.45, 2.75) is 20.3 Å². The number of para-hydroxylation sites is 1. The predicted octanol–water partition coefficient (Wildman–Crippen LogP) is 5.39. The van der Waals surface area contributed by atoms with Crippen molar-refractivity contribution in [2.24, 2.45) is 5.92 Å². The molecule has 0 saturated heterocycles. The first-order valence-corrected chi connectivity index (χ1v) is 9.77. The van der Waals surface area contributed by atoms with E-state index in [1.54, 1.807) is 12.1 Å². The average molecular weight is 393 g/mol. The van der Waals surface area contributed by atoms with Crippen molar-refractivity contribution >= 4 is 39.7 Å². The summed E-state index contributed by atoms with van der Waals surface area (Å²) < 4.78 is 5.80. The van der Waals surface area contributed by atoms with Gasteiger partial charge in [0.1, 0.15) is 5.75 Å². The molecule has 144 valence electrons. The van der Waals surface area contributed by atoms with Gasteiger partial charge in [0.15, 0.2) is 5.11 Å². The summed E-state index contributed by atoms with van der Waals surface area (Å²) in [7, 11) is 0. The SMILES string of the molecule is CC(C)CCOc1ccccc1C(=O)NC(=S)Nc1cccc2ccccc12. The van der Waals surface area contributed by atoms with Gasteiger partial charge < -0.3 is 10.1 Å². The first-order chi connectivity index (χ1) is 13.5. The van der Waals surface area contributed by atoms with Gasteiger partial charge in [0.05, 0.1) is 12.2 Å². The highest BCUT2D eigenvalue weighted by Crippen LogP contribution is 2.23. The maximum absolute atomic E-state index is 12.7. The van der Waals surface area contributed by atoms with Crippen molar-refractivity contribution in [3.05, 3.63) is 72.3 Å². The number of carbonyl (C=O) groups excluding carboxylic acids is 1. The Labute approximate surface area is 170 Å². The maximum atomic E-state index is 12.7. The molecule has 0 radical (unpaired) electrons. The molecular formula is C23H24N2O2S. The number of rotatable bonds is 6. The summed E-state index contributed by atoms with van der Waals surface area (Å²) in [5.41, 5.74) is 1.32. The summed E-state index contributed by atoms with van der Waals surface area (Å²) >= 11 is 5.36. The summed E-state index contributed by atoms with van der Waals surface area (Å²) in [4.78, 5) is 12.7. The highest BCUT2D eigenvalue weighted by atomic mass is 32.1. The number of hydrogen-bond donors (Lipinski definition) is 2. The van der Waals surface area contributed by atoms with Crippen molar-refractivity contribution < 1.29 is 9.53 Å². The Morgan fingerprint density at radius 2 is 1.71 bits per heavy atom. The van der Waals surface area contributed by atoms with Crippen LogP contribution in [0.5, 0.6) is 5.75 Å². The second-order valence-electron chi connectivity index (χ2n) is 6.96. The maximum Gasteiger partial charge on any atom is 0.261 e. The van der Waals surface area contributed by atoms with Gasteiger partial charge in [-0.05, 0) is 48.1 Å². The molecule has 0 aliphatic heterocycles. The molecule has 0 heterocycles. The summed E-state index contributed by atoms with van der Waals surface area (Å²) in [6.45, 7) is 4.85. The van der Waals surface area contributed by atoms with E-state index in [0.717, 1.165) is 22.9 Å². The first-order valence-electron chi connectivity index (χ1n) is 9.36. The standard InChI is InChI=1S/C23H24N2O2S/c1-16(2)14-15-27-21-13-6-5-11-19(21)22(26)25-23(28)24-20-12-7-9-17-8-3-4-10-18(17)20/h3-13,16H,14-15H2,1-2H3,(H2,24,25,26,28). The predicted molar refractivity (Wildman–Crippen MR) is 119 cm³/mol. The number of fused-ring (bicyclic) bond motifs is 1. The quantitative estimate of drug-likeness (QED) is 0.552. The number of nitrogens with one attached hydrogen (secondary N) is 2. The summed E-state index contributed by atoms with van der Waals surface area (Å²) in [5, 5.41) is 8.26. The topological polar surface area (TPSA) is 50.4 Å². The minimum atomic E-state index is -0.294. The Morgan fingerprint density at radius 3 is 2.54 bits per heavy atom. The Kier molecular flexibility index (Phi) is 6.61. The molecule has 3 rings (SSSR count). The van der Waals surface area contributed by atoms with E-state index in [1.165, 1.54) is 0 Å². The Balaban J connectivity index is 1.68. The third kappa shape index (κ3) is 5.08. The van der Waals surface area contributed by atoms with Crippen LogP contribution in [0.15, 0.2) is 66.7 Å². The Bertz CT molecular complexity index is 980. The minimum Gasteiger partial charge on any atom is -0.493 e. The molecule has 0 unspecified atom stereocenters. The van der Waals surface area contributed by atoms with E-state index in [-0.39, 0.29) is 11.0 Å². The Morgan fingerprint density at radius 1 is 1.00 bits per heavy atom. The molecule has 0 spiro atoms. The largest absolute Gasteiger partial charge is 0.493 e. The van der Waals surface area contributed by atoms with Gasteiger partial charge in [0.2, 0.25) is 0 Å². The molecule has 5 heteroatoms. The summed E-state index contributed by atoms with van der Waals surface area (Å²) in [6.07, 6.45) is 0.928. The highest BCUT2D eigenvalue weighted by molar-refractivity contribution is 7.80. The van der Waals surface area contributed by atoms with Crippen molar-refractivity contribution in [3.63, 3.8) is 0 Å². The normalized spacial score (nSPS) is 10.7. The zero-order chi connectivity index (χ0) is 19.9. The van der Waals surface area contributed by atoms with E-state index >= 15 is 0 Å². The van der Waals surface area contributed by atoms with Crippen LogP contribution in [-0.4, -0.2) is 17.6 Å². The van der Waals surface area contributed by atoms with Crippen molar-refractivity contribution in [2.75, 3.05) is 11.9 Å². The third-order valence-electron chi connectivity index (χ3n) is 4.35. The summed E-state index contributed by atoms with van der Waals surface area (Å²) in [6, 6.07) is 21.1. The fraction of sp³-hybridized carbons (Fsp3) is 0.217. The monoisotopic (exact) mass is 392 g/mol. The zero-order valence-electron chi connectivity index (χ0n) is 16.1. The van der Waals surface area contributed by atoms with E-state index in [0.29, 0.717) is 23.8 Å². The van der Waals surface area contributed by atoms with Gasteiger partial charge >= 0.3 is 0 Å². The van der Waals surface area contributed by atoms with Crippen LogP contribution in [0.1, 0.15) is 30.6 Å². The lowest BCUT2D eigenvalue weighted by atomic mass is 10.1. The van der Waals surface area contributed by atoms with Crippen LogP contribution >= 0.6 is 12.2 Å². The first kappa shape index (κ1) is 19.8. The molecule has 3 aromatic carbocycles. The molecule has 0 saturated carbocycles. The van der Waals surface area contributed by atoms with Crippen LogP contribution in [-0.2, 0) is 0 Å². The van der Waals surface area contributed by atoms with E-state index in [4.69, 9.17) is 17.0 Å². The van der Waals surface area contributed by atoms with E-state index in [9.17, 15) is 4.79 Å². The van der Waals surface area contributed by atoms with Crippen LogP contribution in [0, 0.1) is 5.92 Å². The molecule has 0 aliphatic carbocycles. The number of carbonyl (C=O) groups is 1. The van der Waals surface area contributed by atoms with Crippen LogP contribution in [0.3, 0.4) is 0 Å². The molecule has 0 fully saturated rings. The molecule has 0 aliphatic rings. The molecule has 28 heavy (non-hydrogen) atoms. The molecule has 1 amide bonds. The molecule has 0 aromatic heterocycles. The van der Waals surface area contributed by atoms with Gasteiger partial charge in [0.25, 0.3) is 5.91 Å². The van der Waals surface area contributed by atoms with Crippen LogP contribution in [0.4, 0.5) is 5.69 Å². The lowest BCUT2D eigenvalue weighted by molar-refractivity contribution is 0.0973. The number of ether oxygens (including phenoxy) is 1. The van der Waals surface area contributed by atoms with Crippen molar-refractivity contribution in [3.8, 4) is 5.75 Å². The van der Waals surface area contributed by atoms with Crippen LogP contribution < -0.4 is 15.4 Å². The lowest BCUT2D eigenvalue weighted by Gasteiger charge is -2.14. The van der Waals surface area contributed by atoms with Crippen molar-refractivity contribution in [1.29, 1.82) is 0 Å². The molecule has 3 aromatic rings. The van der Waals surface area contributed by atoms with Gasteiger partial charge in [-0.15, -0.1) is 0 Å². The molecule has 0 bridgehead atoms. The number of benzene rings is 3. The van der Waals surface area contributed by atoms with Crippen LogP contribution in [0.2, 0.25) is 0 Å². The van der Waals surface area contributed by atoms with Gasteiger partial charge in [-0.3, -0.25) is 10.1 Å². The fourth-order valence-corrected chi connectivity index (χ4v) is 3.05. The summed E-state index contributed by atoms with van der Waals surface area (Å²) in [5.74, 6) is 0.810. The zero-order valence-corrected chi connectivity index (χ0v) is 16.9. The average Bonchev–Trinajstić information content (AvgIpc) is 2.68. The second kappa shape index (κ2) is 9.33. The molecular weight excluding hydrogens is 368 g/mol. The number of anilines is 1. The number of thiocarbonyl (C=S) groups is 1.